The second kappa shape index (κ2) is 16.1. The molecular weight excluding hydrogens is 719 g/mol. The van der Waals surface area contributed by atoms with Crippen molar-refractivity contribution in [1.29, 1.82) is 0 Å². The molecule has 2 aromatic carbocycles. The molecule has 2 rings (SSSR count). The van der Waals surface area contributed by atoms with E-state index in [2.05, 4.69) is 127 Å². The molecule has 12 heteroatoms. The van der Waals surface area contributed by atoms with Crippen LogP contribution in [-0.4, -0.2) is 44.6 Å². The topological polar surface area (TPSA) is 52.9 Å². The van der Waals surface area contributed by atoms with Crippen LogP contribution >= 0.6 is 0 Å². The van der Waals surface area contributed by atoms with E-state index in [0.29, 0.717) is 0 Å². The Bertz CT molecular complexity index is 915. The van der Waals surface area contributed by atoms with Crippen LogP contribution in [-0.2, 0) is 20.1 Å². The number of benzene rings is 2. The molecule has 0 aliphatic carbocycles. The molecule has 0 heterocycles. The van der Waals surface area contributed by atoms with Gasteiger partial charge in [0, 0.05) is 32.9 Å². The van der Waals surface area contributed by atoms with Crippen LogP contribution in [0, 0.1) is 0 Å². The van der Waals surface area contributed by atoms with Gasteiger partial charge in [-0.15, -0.1) is 0 Å². The minimum atomic E-state index is -5.09. The first-order valence-corrected chi connectivity index (χ1v) is 30.0. The van der Waals surface area contributed by atoms with Crippen LogP contribution in [0.15, 0.2) is 70.0 Å². The summed E-state index contributed by atoms with van der Waals surface area (Å²) in [5.41, 5.74) is 2.30. The van der Waals surface area contributed by atoms with Gasteiger partial charge in [-0.3, -0.25) is 0 Å². The first-order valence-electron chi connectivity index (χ1n) is 12.6. The standard InChI is InChI=1S/2C13H23N2Si2.3FH.Ta/c2*1-16(2,3)14-13(15-17(4,5)6)12-10-8-7-9-11-12;;;;/h2*7-11H,1-6H3;3*1H;/q2*-1;;;;+3/p-3. The fraction of sp³-hybridized carbons (Fsp3) is 0.462. The molecule has 4 nitrogen and oxygen atoms in total. The van der Waals surface area contributed by atoms with Gasteiger partial charge in [-0.2, -0.15) is 0 Å². The summed E-state index contributed by atoms with van der Waals surface area (Å²) in [5, 5.41) is 0. The van der Waals surface area contributed by atoms with Crippen LogP contribution in [0.5, 0.6) is 0 Å². The molecule has 0 radical (unpaired) electrons. The summed E-state index contributed by atoms with van der Waals surface area (Å²) in [5.74, 6) is 1.92. The average molecular weight is 765 g/mol. The normalized spacial score (nSPS) is 13.2. The van der Waals surface area contributed by atoms with Gasteiger partial charge in [-0.25, -0.2) is 0 Å². The van der Waals surface area contributed by atoms with Crippen molar-refractivity contribution in [2.75, 3.05) is 0 Å². The summed E-state index contributed by atoms with van der Waals surface area (Å²) in [7, 11) is -5.95. The van der Waals surface area contributed by atoms with Gasteiger partial charge in [0.25, 0.3) is 0 Å². The van der Waals surface area contributed by atoms with Crippen LogP contribution in [0.3, 0.4) is 0 Å². The molecule has 0 aliphatic rings. The number of hydrogen-bond donors (Lipinski definition) is 0. The van der Waals surface area contributed by atoms with Crippen molar-refractivity contribution < 1.29 is 29.2 Å². The van der Waals surface area contributed by atoms with Crippen molar-refractivity contribution in [1.82, 2.24) is 0 Å². The van der Waals surface area contributed by atoms with Crippen molar-refractivity contribution in [3.63, 3.8) is 0 Å². The van der Waals surface area contributed by atoms with E-state index in [1.165, 1.54) is 0 Å². The first-order chi connectivity index (χ1) is 17.1. The quantitative estimate of drug-likeness (QED) is 0.160. The third kappa shape index (κ3) is 21.7. The molecule has 38 heavy (non-hydrogen) atoms. The average Bonchev–Trinajstić information content (AvgIpc) is 2.70. The van der Waals surface area contributed by atoms with E-state index in [9.17, 15) is 9.07 Å². The molecule has 0 unspecified atom stereocenters. The summed E-state index contributed by atoms with van der Waals surface area (Å²) >= 11 is -5.09. The molecule has 0 fully saturated rings. The maximum atomic E-state index is 9.87. The van der Waals surface area contributed by atoms with Gasteiger partial charge >= 0.3 is 29.2 Å². The van der Waals surface area contributed by atoms with E-state index < -0.39 is 53.0 Å². The van der Waals surface area contributed by atoms with Crippen molar-refractivity contribution in [3.05, 3.63) is 81.8 Å². The van der Waals surface area contributed by atoms with Gasteiger partial charge in [-0.05, 0) is 11.1 Å². The molecule has 0 aliphatic heterocycles. The van der Waals surface area contributed by atoms with E-state index in [4.69, 9.17) is 19.3 Å². The number of hydrogen-bond acceptors (Lipinski definition) is 2. The first kappa shape index (κ1) is 36.8. The third-order valence-electron chi connectivity index (χ3n) is 3.83. The van der Waals surface area contributed by atoms with Crippen LogP contribution in [0.4, 0.5) is 9.07 Å². The molecular formula is C26H46F3N4Si4Ta-2. The monoisotopic (exact) mass is 764 g/mol. The fourth-order valence-electron chi connectivity index (χ4n) is 2.75. The van der Waals surface area contributed by atoms with Crippen molar-refractivity contribution in [2.45, 2.75) is 78.6 Å². The van der Waals surface area contributed by atoms with E-state index >= 15 is 0 Å². The second-order valence-corrected chi connectivity index (χ2v) is 32.3. The number of rotatable bonds is 6. The zero-order valence-corrected chi connectivity index (χ0v) is 32.4. The molecule has 0 spiro atoms. The Hall–Kier alpha value is -1.22. The van der Waals surface area contributed by atoms with Gasteiger partial charge in [0.05, 0.1) is 0 Å². The maximum absolute atomic E-state index is 9.87. The SMILES string of the molecule is C[Si](C)(C)/N=C(/[N-][Si](C)(C)C)c1ccccc1.C[Si](C)(C)/N=C(/[N-][Si](C)(C)C)c1ccccc1.[F][Ta]([F])[F]. The Labute approximate surface area is 242 Å². The van der Waals surface area contributed by atoms with E-state index in [1.54, 1.807) is 0 Å². The van der Waals surface area contributed by atoms with Crippen molar-refractivity contribution in [3.8, 4) is 0 Å². The Morgan fingerprint density at radius 2 is 0.763 bits per heavy atom. The Morgan fingerprint density at radius 1 is 0.526 bits per heavy atom. The molecule has 214 valence electrons. The summed E-state index contributed by atoms with van der Waals surface area (Å²) < 4.78 is 39.4. The van der Waals surface area contributed by atoms with Crippen LogP contribution in [0.1, 0.15) is 11.1 Å². The van der Waals surface area contributed by atoms with Crippen LogP contribution < -0.4 is 0 Å². The number of nitrogens with zero attached hydrogens (tertiary/aromatic N) is 4. The predicted octanol–water partition coefficient (Wildman–Crippen LogP) is 10.2. The summed E-state index contributed by atoms with van der Waals surface area (Å²) in [6, 6.07) is 20.7. The van der Waals surface area contributed by atoms with E-state index in [1.807, 2.05) is 12.1 Å². The Morgan fingerprint density at radius 3 is 0.947 bits per heavy atom. The van der Waals surface area contributed by atoms with Gasteiger partial charge in [0.1, 0.15) is 0 Å². The molecule has 0 saturated carbocycles. The fourth-order valence-corrected chi connectivity index (χ4v) is 6.21. The predicted molar refractivity (Wildman–Crippen MR) is 169 cm³/mol. The summed E-state index contributed by atoms with van der Waals surface area (Å²) in [6.45, 7) is 26.9. The van der Waals surface area contributed by atoms with Gasteiger partial charge in [-0.1, -0.05) is 151 Å². The van der Waals surface area contributed by atoms with Gasteiger partial charge in [0.15, 0.2) is 0 Å². The summed E-state index contributed by atoms with van der Waals surface area (Å²) in [6.07, 6.45) is 0. The van der Waals surface area contributed by atoms with Crippen molar-refractivity contribution >= 4 is 44.6 Å². The molecule has 0 atom stereocenters. The van der Waals surface area contributed by atoms with Crippen molar-refractivity contribution in [2.24, 2.45) is 9.32 Å². The Kier molecular flexibility index (Phi) is 15.6. The van der Waals surface area contributed by atoms with E-state index in [-0.39, 0.29) is 0 Å². The van der Waals surface area contributed by atoms with Crippen LogP contribution in [0.25, 0.3) is 9.96 Å². The third-order valence-corrected chi connectivity index (χ3v) is 7.36. The van der Waals surface area contributed by atoms with Gasteiger partial charge in [0.2, 0.25) is 0 Å². The number of halogens is 3. The summed E-state index contributed by atoms with van der Waals surface area (Å²) in [4.78, 5) is 9.78. The number of amidine groups is 2. The Balaban J connectivity index is 0.000000632. The zero-order valence-electron chi connectivity index (χ0n) is 25.1. The van der Waals surface area contributed by atoms with Crippen LogP contribution in [0.2, 0.25) is 78.6 Å². The second-order valence-electron chi connectivity index (χ2n) is 12.7. The van der Waals surface area contributed by atoms with Gasteiger partial charge < -0.3 is 19.3 Å². The molecule has 0 N–H and O–H groups in total. The minimum absolute atomic E-state index is 0.962. The zero-order chi connectivity index (χ0) is 29.8. The molecule has 2 aromatic rings. The van der Waals surface area contributed by atoms with E-state index in [0.717, 1.165) is 22.8 Å². The molecule has 0 saturated heterocycles. The molecule has 0 amide bonds. The molecule has 0 bridgehead atoms. The molecule has 0 aromatic heterocycles.